The van der Waals surface area contributed by atoms with E-state index in [9.17, 15) is 19.7 Å². The number of carbonyl (C=O) groups excluding carboxylic acids is 2. The summed E-state index contributed by atoms with van der Waals surface area (Å²) in [6.07, 6.45) is 0.574. The van der Waals surface area contributed by atoms with Crippen LogP contribution < -0.4 is 0 Å². The highest BCUT2D eigenvalue weighted by atomic mass is 16.6. The molecule has 7 nitrogen and oxygen atoms in total. The van der Waals surface area contributed by atoms with Crippen molar-refractivity contribution in [3.05, 3.63) is 39.4 Å². The molecule has 2 rings (SSSR count). The van der Waals surface area contributed by atoms with Crippen LogP contribution in [-0.2, 0) is 9.53 Å². The van der Waals surface area contributed by atoms with Gasteiger partial charge in [-0.1, -0.05) is 0 Å². The van der Waals surface area contributed by atoms with Crippen molar-refractivity contribution >= 4 is 17.6 Å². The quantitative estimate of drug-likeness (QED) is 0.479. The van der Waals surface area contributed by atoms with E-state index in [1.165, 1.54) is 25.3 Å². The first-order chi connectivity index (χ1) is 9.93. The predicted octanol–water partition coefficient (Wildman–Crippen LogP) is 1.54. The summed E-state index contributed by atoms with van der Waals surface area (Å²) in [5, 5.41) is 10.8. The summed E-state index contributed by atoms with van der Waals surface area (Å²) in [6, 6.07) is 4.28. The summed E-state index contributed by atoms with van der Waals surface area (Å²) in [7, 11) is 1.33. The molecule has 1 amide bonds. The zero-order valence-corrected chi connectivity index (χ0v) is 11.9. The Balaban J connectivity index is 2.13. The number of hydrogen-bond acceptors (Lipinski definition) is 5. The van der Waals surface area contributed by atoms with Crippen LogP contribution in [0.25, 0.3) is 0 Å². The Morgan fingerprint density at radius 1 is 1.43 bits per heavy atom. The summed E-state index contributed by atoms with van der Waals surface area (Å²) < 4.78 is 4.68. The van der Waals surface area contributed by atoms with Crippen molar-refractivity contribution < 1.29 is 19.2 Å². The standard InChI is InChI=1S/C14H16N2O5/c1-9-7-10(3-4-12(9)16(19)20)13(17)15-6-5-11(8-15)14(18)21-2/h3-4,7,11H,5-6,8H2,1-2H3. The van der Waals surface area contributed by atoms with Gasteiger partial charge in [0.05, 0.1) is 18.0 Å². The smallest absolute Gasteiger partial charge is 0.310 e. The molecule has 0 saturated carbocycles. The van der Waals surface area contributed by atoms with E-state index in [0.717, 1.165) is 0 Å². The van der Waals surface area contributed by atoms with E-state index in [-0.39, 0.29) is 23.5 Å². The molecule has 1 aliphatic heterocycles. The lowest BCUT2D eigenvalue weighted by Crippen LogP contribution is -2.30. The van der Waals surface area contributed by atoms with E-state index in [0.29, 0.717) is 30.6 Å². The van der Waals surface area contributed by atoms with Gasteiger partial charge in [0.2, 0.25) is 0 Å². The summed E-state index contributed by atoms with van der Waals surface area (Å²) >= 11 is 0. The van der Waals surface area contributed by atoms with Crippen LogP contribution in [0.2, 0.25) is 0 Å². The lowest BCUT2D eigenvalue weighted by Gasteiger charge is -2.16. The predicted molar refractivity (Wildman–Crippen MR) is 73.9 cm³/mol. The van der Waals surface area contributed by atoms with Crippen molar-refractivity contribution in [2.45, 2.75) is 13.3 Å². The van der Waals surface area contributed by atoms with Gasteiger partial charge >= 0.3 is 5.97 Å². The fourth-order valence-corrected chi connectivity index (χ4v) is 2.48. The van der Waals surface area contributed by atoms with Crippen LogP contribution in [-0.4, -0.2) is 41.9 Å². The molecule has 1 unspecified atom stereocenters. The van der Waals surface area contributed by atoms with E-state index in [1.54, 1.807) is 11.8 Å². The number of nitro groups is 1. The van der Waals surface area contributed by atoms with Gasteiger partial charge in [0.1, 0.15) is 0 Å². The number of rotatable bonds is 3. The van der Waals surface area contributed by atoms with Gasteiger partial charge < -0.3 is 9.64 Å². The molecule has 7 heteroatoms. The highest BCUT2D eigenvalue weighted by Gasteiger charge is 2.32. The number of carbonyl (C=O) groups is 2. The summed E-state index contributed by atoms with van der Waals surface area (Å²) in [4.78, 5) is 35.7. The lowest BCUT2D eigenvalue weighted by molar-refractivity contribution is -0.385. The minimum Gasteiger partial charge on any atom is -0.469 e. The molecule has 0 aliphatic carbocycles. The first-order valence-corrected chi connectivity index (χ1v) is 6.56. The summed E-state index contributed by atoms with van der Waals surface area (Å²) in [5.41, 5.74) is 0.818. The molecular weight excluding hydrogens is 276 g/mol. The first-order valence-electron chi connectivity index (χ1n) is 6.56. The molecule has 0 bridgehead atoms. The highest BCUT2D eigenvalue weighted by Crippen LogP contribution is 2.23. The number of nitrogens with zero attached hydrogens (tertiary/aromatic N) is 2. The molecule has 0 spiro atoms. The number of methoxy groups -OCH3 is 1. The molecule has 21 heavy (non-hydrogen) atoms. The van der Waals surface area contributed by atoms with Crippen LogP contribution in [0.3, 0.4) is 0 Å². The van der Waals surface area contributed by atoms with Crippen molar-refractivity contribution in [3.8, 4) is 0 Å². The maximum absolute atomic E-state index is 12.3. The topological polar surface area (TPSA) is 89.8 Å². The van der Waals surface area contributed by atoms with Crippen molar-refractivity contribution in [2.75, 3.05) is 20.2 Å². The van der Waals surface area contributed by atoms with Gasteiger partial charge in [-0.2, -0.15) is 0 Å². The second-order valence-corrected chi connectivity index (χ2v) is 5.02. The molecular formula is C14H16N2O5. The zero-order chi connectivity index (χ0) is 15.6. The number of nitro benzene ring substituents is 1. The molecule has 112 valence electrons. The molecule has 1 aliphatic rings. The molecule has 0 N–H and O–H groups in total. The van der Waals surface area contributed by atoms with E-state index in [1.807, 2.05) is 0 Å². The monoisotopic (exact) mass is 292 g/mol. The molecule has 1 atom stereocenters. The minimum atomic E-state index is -0.479. The Kier molecular flexibility index (Phi) is 4.21. The summed E-state index contributed by atoms with van der Waals surface area (Å²) in [5.74, 6) is -0.831. The fraction of sp³-hybridized carbons (Fsp3) is 0.429. The third-order valence-corrected chi connectivity index (χ3v) is 3.65. The Labute approximate surface area is 121 Å². The van der Waals surface area contributed by atoms with Crippen LogP contribution >= 0.6 is 0 Å². The van der Waals surface area contributed by atoms with Crippen molar-refractivity contribution in [3.63, 3.8) is 0 Å². The third kappa shape index (κ3) is 3.01. The van der Waals surface area contributed by atoms with Crippen LogP contribution in [0.1, 0.15) is 22.3 Å². The Bertz CT molecular complexity index is 599. The SMILES string of the molecule is COC(=O)C1CCN(C(=O)c2ccc([N+](=O)[O-])c(C)c2)C1. The van der Waals surface area contributed by atoms with E-state index >= 15 is 0 Å². The number of aryl methyl sites for hydroxylation is 1. The van der Waals surface area contributed by atoms with E-state index < -0.39 is 4.92 Å². The first kappa shape index (κ1) is 15.0. The lowest BCUT2D eigenvalue weighted by atomic mass is 10.1. The number of esters is 1. The van der Waals surface area contributed by atoms with E-state index in [4.69, 9.17) is 0 Å². The number of hydrogen-bond donors (Lipinski definition) is 0. The average molecular weight is 292 g/mol. The van der Waals surface area contributed by atoms with E-state index in [2.05, 4.69) is 4.74 Å². The fourth-order valence-electron chi connectivity index (χ4n) is 2.48. The largest absolute Gasteiger partial charge is 0.469 e. The second-order valence-electron chi connectivity index (χ2n) is 5.02. The zero-order valence-electron chi connectivity index (χ0n) is 11.9. The van der Waals surface area contributed by atoms with Crippen LogP contribution in [0, 0.1) is 23.0 Å². The van der Waals surface area contributed by atoms with Crippen LogP contribution in [0.5, 0.6) is 0 Å². The van der Waals surface area contributed by atoms with Crippen molar-refractivity contribution in [2.24, 2.45) is 5.92 Å². The maximum atomic E-state index is 12.3. The molecule has 1 heterocycles. The second kappa shape index (κ2) is 5.90. The Morgan fingerprint density at radius 2 is 2.14 bits per heavy atom. The molecule has 1 saturated heterocycles. The van der Waals surface area contributed by atoms with Crippen molar-refractivity contribution in [1.82, 2.24) is 4.90 Å². The molecule has 1 aromatic carbocycles. The highest BCUT2D eigenvalue weighted by molar-refractivity contribution is 5.95. The normalized spacial score (nSPS) is 17.6. The Morgan fingerprint density at radius 3 is 2.71 bits per heavy atom. The van der Waals surface area contributed by atoms with Gasteiger partial charge in [-0.15, -0.1) is 0 Å². The number of amides is 1. The van der Waals surface area contributed by atoms with Crippen molar-refractivity contribution in [1.29, 1.82) is 0 Å². The Hall–Kier alpha value is -2.44. The summed E-state index contributed by atoms with van der Waals surface area (Å²) in [6.45, 7) is 2.40. The van der Waals surface area contributed by atoms with Crippen LogP contribution in [0.4, 0.5) is 5.69 Å². The molecule has 1 fully saturated rings. The van der Waals surface area contributed by atoms with Gasteiger partial charge in [0.15, 0.2) is 0 Å². The molecule has 0 aromatic heterocycles. The molecule has 1 aromatic rings. The van der Waals surface area contributed by atoms with Gasteiger partial charge in [-0.3, -0.25) is 19.7 Å². The number of likely N-dealkylation sites (tertiary alicyclic amines) is 1. The maximum Gasteiger partial charge on any atom is 0.310 e. The number of ether oxygens (including phenoxy) is 1. The van der Waals surface area contributed by atoms with Crippen LogP contribution in [0.15, 0.2) is 18.2 Å². The van der Waals surface area contributed by atoms with Gasteiger partial charge in [0.25, 0.3) is 11.6 Å². The average Bonchev–Trinajstić information content (AvgIpc) is 2.94. The van der Waals surface area contributed by atoms with Gasteiger partial charge in [-0.05, 0) is 25.5 Å². The van der Waals surface area contributed by atoms with Gasteiger partial charge in [-0.25, -0.2) is 0 Å². The number of benzene rings is 1. The third-order valence-electron chi connectivity index (χ3n) is 3.65. The molecule has 0 radical (unpaired) electrons. The minimum absolute atomic E-state index is 0.0135. The van der Waals surface area contributed by atoms with Gasteiger partial charge in [0, 0.05) is 30.3 Å².